The number of likely N-dealkylation sites (N-methyl/N-ethyl adjacent to an activating group) is 1. The third-order valence-electron chi connectivity index (χ3n) is 3.43. The van der Waals surface area contributed by atoms with Gasteiger partial charge in [-0.25, -0.2) is 9.97 Å². The number of aryl methyl sites for hydroxylation is 2. The highest BCUT2D eigenvalue weighted by Crippen LogP contribution is 2.21. The van der Waals surface area contributed by atoms with Crippen molar-refractivity contribution < 1.29 is 4.74 Å². The quantitative estimate of drug-likeness (QED) is 0.784. The van der Waals surface area contributed by atoms with Crippen LogP contribution < -0.4 is 5.32 Å². The Bertz CT molecular complexity index is 364. The first kappa shape index (κ1) is 16.1. The lowest BCUT2D eigenvalue weighted by Gasteiger charge is -2.17. The Balaban J connectivity index is 3.18. The number of nitrogens with one attached hydrogen (secondary N) is 1. The second-order valence-electron chi connectivity index (χ2n) is 4.65. The lowest BCUT2D eigenvalue weighted by molar-refractivity contribution is 0.0921. The first-order valence-electron chi connectivity index (χ1n) is 7.27. The molecule has 1 atom stereocenters. The Morgan fingerprint density at radius 1 is 1.11 bits per heavy atom. The zero-order valence-corrected chi connectivity index (χ0v) is 12.9. The number of hydrogen-bond acceptors (Lipinski definition) is 4. The van der Waals surface area contributed by atoms with Crippen LogP contribution in [-0.4, -0.2) is 30.7 Å². The molecule has 0 spiro atoms. The Morgan fingerprint density at radius 3 is 2.05 bits per heavy atom. The van der Waals surface area contributed by atoms with Gasteiger partial charge in [0.25, 0.3) is 0 Å². The zero-order valence-electron chi connectivity index (χ0n) is 12.9. The van der Waals surface area contributed by atoms with Gasteiger partial charge in [-0.15, -0.1) is 0 Å². The van der Waals surface area contributed by atoms with Crippen LogP contribution in [0.5, 0.6) is 0 Å². The summed E-state index contributed by atoms with van der Waals surface area (Å²) in [5, 5.41) is 3.20. The fraction of sp³-hybridized carbons (Fsp3) is 0.733. The minimum absolute atomic E-state index is 0.00829. The predicted octanol–water partition coefficient (Wildman–Crippen LogP) is 2.46. The molecule has 0 aromatic carbocycles. The molecule has 0 fully saturated rings. The van der Waals surface area contributed by atoms with Crippen molar-refractivity contribution in [3.8, 4) is 0 Å². The maximum absolute atomic E-state index is 5.47. The van der Waals surface area contributed by atoms with Gasteiger partial charge in [0.15, 0.2) is 5.82 Å². The van der Waals surface area contributed by atoms with Crippen LogP contribution >= 0.6 is 0 Å². The summed E-state index contributed by atoms with van der Waals surface area (Å²) >= 11 is 0. The maximum Gasteiger partial charge on any atom is 0.157 e. The van der Waals surface area contributed by atoms with Crippen molar-refractivity contribution in [2.45, 2.75) is 52.6 Å². The van der Waals surface area contributed by atoms with Gasteiger partial charge in [-0.2, -0.15) is 0 Å². The van der Waals surface area contributed by atoms with E-state index in [0.29, 0.717) is 0 Å². The van der Waals surface area contributed by atoms with E-state index in [1.807, 2.05) is 7.05 Å². The van der Waals surface area contributed by atoms with Crippen molar-refractivity contribution >= 4 is 0 Å². The van der Waals surface area contributed by atoms with Gasteiger partial charge in [0, 0.05) is 18.5 Å². The van der Waals surface area contributed by atoms with Crippen LogP contribution in [0.1, 0.15) is 56.1 Å². The highest BCUT2D eigenvalue weighted by Gasteiger charge is 2.17. The second-order valence-corrected chi connectivity index (χ2v) is 4.65. The Kier molecular flexibility index (Phi) is 6.95. The summed E-state index contributed by atoms with van der Waals surface area (Å²) in [5.74, 6) is 0.840. The van der Waals surface area contributed by atoms with Crippen LogP contribution in [0.15, 0.2) is 0 Å². The molecule has 0 radical (unpaired) electrons. The highest BCUT2D eigenvalue weighted by atomic mass is 16.5. The third kappa shape index (κ3) is 3.98. The number of rotatable bonds is 8. The molecular weight excluding hydrogens is 238 g/mol. The monoisotopic (exact) mass is 265 g/mol. The fourth-order valence-corrected chi connectivity index (χ4v) is 2.33. The summed E-state index contributed by atoms with van der Waals surface area (Å²) in [6, 6.07) is 0. The average Bonchev–Trinajstić information content (AvgIpc) is 2.45. The molecule has 0 bridgehead atoms. The van der Waals surface area contributed by atoms with Crippen molar-refractivity contribution in [2.24, 2.45) is 0 Å². The molecule has 0 saturated carbocycles. The molecule has 1 rings (SSSR count). The summed E-state index contributed by atoms with van der Waals surface area (Å²) in [4.78, 5) is 9.46. The minimum atomic E-state index is 0.00829. The molecule has 19 heavy (non-hydrogen) atoms. The van der Waals surface area contributed by atoms with E-state index >= 15 is 0 Å². The molecule has 108 valence electrons. The maximum atomic E-state index is 5.47. The molecule has 0 aliphatic heterocycles. The number of ether oxygens (including phenoxy) is 1. The van der Waals surface area contributed by atoms with Gasteiger partial charge >= 0.3 is 0 Å². The second kappa shape index (κ2) is 8.23. The molecule has 0 amide bonds. The van der Waals surface area contributed by atoms with Crippen LogP contribution in [0.3, 0.4) is 0 Å². The molecule has 4 heteroatoms. The molecule has 1 heterocycles. The molecule has 1 aromatic rings. The van der Waals surface area contributed by atoms with E-state index in [2.05, 4.69) is 26.1 Å². The van der Waals surface area contributed by atoms with Crippen molar-refractivity contribution in [1.29, 1.82) is 0 Å². The third-order valence-corrected chi connectivity index (χ3v) is 3.43. The van der Waals surface area contributed by atoms with E-state index < -0.39 is 0 Å². The fourth-order valence-electron chi connectivity index (χ4n) is 2.33. The normalized spacial score (nSPS) is 12.7. The Morgan fingerprint density at radius 2 is 1.68 bits per heavy atom. The van der Waals surface area contributed by atoms with Crippen LogP contribution in [0.4, 0.5) is 0 Å². The van der Waals surface area contributed by atoms with E-state index in [1.54, 1.807) is 7.11 Å². The zero-order chi connectivity index (χ0) is 14.3. The van der Waals surface area contributed by atoms with Crippen molar-refractivity contribution in [1.82, 2.24) is 15.3 Å². The SMILES string of the molecule is CCc1nc(C(CC)OC)nc(CC)c1CCNC. The number of hydrogen-bond donors (Lipinski definition) is 1. The Hall–Kier alpha value is -1.00. The van der Waals surface area contributed by atoms with E-state index in [9.17, 15) is 0 Å². The molecule has 0 saturated heterocycles. The largest absolute Gasteiger partial charge is 0.373 e. The minimum Gasteiger partial charge on any atom is -0.373 e. The average molecular weight is 265 g/mol. The summed E-state index contributed by atoms with van der Waals surface area (Å²) in [6.45, 7) is 7.37. The first-order chi connectivity index (χ1) is 9.21. The van der Waals surface area contributed by atoms with Crippen LogP contribution in [0, 0.1) is 0 Å². The van der Waals surface area contributed by atoms with Crippen molar-refractivity contribution in [2.75, 3.05) is 20.7 Å². The van der Waals surface area contributed by atoms with E-state index in [1.165, 1.54) is 17.0 Å². The summed E-state index contributed by atoms with van der Waals surface area (Å²) < 4.78 is 5.47. The summed E-state index contributed by atoms with van der Waals surface area (Å²) in [6.07, 6.45) is 3.79. The standard InChI is InChI=1S/C15H27N3O/c1-6-12-11(9-10-16-4)13(7-2)18-15(17-12)14(8-3)19-5/h14,16H,6-10H2,1-5H3. The Labute approximate surface area is 117 Å². The summed E-state index contributed by atoms with van der Waals surface area (Å²) in [7, 11) is 3.70. The van der Waals surface area contributed by atoms with Crippen molar-refractivity contribution in [3.63, 3.8) is 0 Å². The van der Waals surface area contributed by atoms with Gasteiger partial charge < -0.3 is 10.1 Å². The topological polar surface area (TPSA) is 47.0 Å². The van der Waals surface area contributed by atoms with Gasteiger partial charge in [0.05, 0.1) is 0 Å². The molecule has 1 aromatic heterocycles. The molecule has 0 aliphatic carbocycles. The van der Waals surface area contributed by atoms with Crippen LogP contribution in [0.25, 0.3) is 0 Å². The molecule has 4 nitrogen and oxygen atoms in total. The van der Waals surface area contributed by atoms with E-state index in [0.717, 1.165) is 38.1 Å². The number of aromatic nitrogens is 2. The van der Waals surface area contributed by atoms with E-state index in [-0.39, 0.29) is 6.10 Å². The molecule has 0 aliphatic rings. The lowest BCUT2D eigenvalue weighted by Crippen LogP contribution is -2.17. The van der Waals surface area contributed by atoms with Gasteiger partial charge in [-0.05, 0) is 44.8 Å². The predicted molar refractivity (Wildman–Crippen MR) is 78.5 cm³/mol. The molecule has 1 N–H and O–H groups in total. The first-order valence-corrected chi connectivity index (χ1v) is 7.27. The molecular formula is C15H27N3O. The van der Waals surface area contributed by atoms with Crippen LogP contribution in [-0.2, 0) is 24.0 Å². The van der Waals surface area contributed by atoms with Gasteiger partial charge in [0.1, 0.15) is 6.10 Å². The number of nitrogens with zero attached hydrogens (tertiary/aromatic N) is 2. The smallest absolute Gasteiger partial charge is 0.157 e. The highest BCUT2D eigenvalue weighted by molar-refractivity contribution is 5.27. The lowest BCUT2D eigenvalue weighted by atomic mass is 10.0. The van der Waals surface area contributed by atoms with Gasteiger partial charge in [0.2, 0.25) is 0 Å². The van der Waals surface area contributed by atoms with Crippen molar-refractivity contribution in [3.05, 3.63) is 22.8 Å². The summed E-state index contributed by atoms with van der Waals surface area (Å²) in [5.41, 5.74) is 3.66. The molecule has 1 unspecified atom stereocenters. The van der Waals surface area contributed by atoms with Gasteiger partial charge in [-0.1, -0.05) is 20.8 Å². The number of methoxy groups -OCH3 is 1. The van der Waals surface area contributed by atoms with Crippen LogP contribution in [0.2, 0.25) is 0 Å². The van der Waals surface area contributed by atoms with Gasteiger partial charge in [-0.3, -0.25) is 0 Å². The van der Waals surface area contributed by atoms with E-state index in [4.69, 9.17) is 14.7 Å².